The Morgan fingerprint density at radius 1 is 0.767 bits per heavy atom. The smallest absolute Gasteiger partial charge is 0.268 e. The molecule has 0 aliphatic carbocycles. The fourth-order valence-corrected chi connectivity index (χ4v) is 4.37. The lowest BCUT2D eigenvalue weighted by Gasteiger charge is -2.13. The van der Waals surface area contributed by atoms with Crippen LogP contribution in [0.25, 0.3) is 17.4 Å². The van der Waals surface area contributed by atoms with Gasteiger partial charge in [0, 0.05) is 35.1 Å². The number of carbonyl (C=O) groups excluding carboxylic acids is 2. The summed E-state index contributed by atoms with van der Waals surface area (Å²) >= 11 is 5.37. The molecule has 5 rings (SSSR count). The van der Waals surface area contributed by atoms with Crippen LogP contribution >= 0.6 is 12.2 Å². The Morgan fingerprint density at radius 2 is 1.47 bits per heavy atom. The number of halogens is 1. The number of amides is 2. The zero-order valence-electron chi connectivity index (χ0n) is 22.8. The molecule has 4 N–H and O–H groups in total. The van der Waals surface area contributed by atoms with Crippen LogP contribution in [0.15, 0.2) is 131 Å². The zero-order valence-corrected chi connectivity index (χ0v) is 23.7. The molecule has 214 valence electrons. The van der Waals surface area contributed by atoms with Gasteiger partial charge in [-0.2, -0.15) is 0 Å². The van der Waals surface area contributed by atoms with Crippen LogP contribution < -0.4 is 21.3 Å². The third-order valence-electron chi connectivity index (χ3n) is 6.24. The van der Waals surface area contributed by atoms with E-state index < -0.39 is 11.8 Å². The Kier molecular flexibility index (Phi) is 9.35. The van der Waals surface area contributed by atoms with Crippen molar-refractivity contribution in [2.24, 2.45) is 0 Å². The second-order valence-corrected chi connectivity index (χ2v) is 9.82. The topological polar surface area (TPSA) is 95.4 Å². The molecular weight excluding hydrogens is 563 g/mol. The highest BCUT2D eigenvalue weighted by Gasteiger charge is 2.16. The van der Waals surface area contributed by atoms with Gasteiger partial charge in [-0.15, -0.1) is 0 Å². The molecule has 0 unspecified atom stereocenters. The molecule has 5 aromatic rings. The molecule has 4 aromatic carbocycles. The van der Waals surface area contributed by atoms with Crippen molar-refractivity contribution < 1.29 is 18.4 Å². The number of hydrogen-bond acceptors (Lipinski definition) is 4. The van der Waals surface area contributed by atoms with Gasteiger partial charge in [-0.1, -0.05) is 60.7 Å². The van der Waals surface area contributed by atoms with Crippen LogP contribution in [0.3, 0.4) is 0 Å². The van der Waals surface area contributed by atoms with Crippen LogP contribution in [-0.4, -0.2) is 16.9 Å². The lowest BCUT2D eigenvalue weighted by atomic mass is 10.2. The number of thiocarbonyl (C=S) groups is 1. The van der Waals surface area contributed by atoms with E-state index in [4.69, 9.17) is 16.6 Å². The minimum atomic E-state index is -0.492. The quantitative estimate of drug-likeness (QED) is 0.109. The van der Waals surface area contributed by atoms with Crippen LogP contribution in [0.1, 0.15) is 21.7 Å². The number of rotatable bonds is 9. The Balaban J connectivity index is 1.28. The van der Waals surface area contributed by atoms with Gasteiger partial charge < -0.3 is 25.7 Å². The van der Waals surface area contributed by atoms with Crippen molar-refractivity contribution in [3.05, 3.63) is 150 Å². The molecule has 0 spiro atoms. The summed E-state index contributed by atoms with van der Waals surface area (Å²) in [5, 5.41) is 12.0. The van der Waals surface area contributed by atoms with Crippen LogP contribution in [0.2, 0.25) is 0 Å². The van der Waals surface area contributed by atoms with Crippen molar-refractivity contribution in [3.63, 3.8) is 0 Å². The third kappa shape index (κ3) is 8.25. The molecule has 2 amide bonds. The first-order valence-electron chi connectivity index (χ1n) is 13.4. The molecule has 0 radical (unpaired) electrons. The summed E-state index contributed by atoms with van der Waals surface area (Å²) < 4.78 is 19.1. The highest BCUT2D eigenvalue weighted by atomic mass is 32.1. The summed E-state index contributed by atoms with van der Waals surface area (Å²) in [6, 6.07) is 35.0. The molecule has 0 bridgehead atoms. The van der Waals surface area contributed by atoms with Gasteiger partial charge in [0.1, 0.15) is 23.0 Å². The normalized spacial score (nSPS) is 11.0. The van der Waals surface area contributed by atoms with E-state index in [1.807, 2.05) is 66.7 Å². The van der Waals surface area contributed by atoms with Crippen LogP contribution in [0, 0.1) is 5.82 Å². The molecule has 0 aliphatic heterocycles. The predicted octanol–water partition coefficient (Wildman–Crippen LogP) is 6.98. The number of benzene rings is 4. The first kappa shape index (κ1) is 29.0. The van der Waals surface area contributed by atoms with Gasteiger partial charge in [0.05, 0.1) is 0 Å². The van der Waals surface area contributed by atoms with E-state index in [0.29, 0.717) is 33.6 Å². The Morgan fingerprint density at radius 3 is 2.21 bits per heavy atom. The minimum absolute atomic E-state index is 0.0294. The molecule has 0 saturated heterocycles. The molecule has 7 nitrogen and oxygen atoms in total. The van der Waals surface area contributed by atoms with Crippen LogP contribution in [0.4, 0.5) is 15.8 Å². The van der Waals surface area contributed by atoms with E-state index in [2.05, 4.69) is 21.3 Å². The number of nitrogens with one attached hydrogen (secondary N) is 4. The number of carbonyl (C=O) groups is 2. The molecule has 1 heterocycles. The maximum atomic E-state index is 13.3. The van der Waals surface area contributed by atoms with Gasteiger partial charge >= 0.3 is 0 Å². The maximum absolute atomic E-state index is 13.3. The van der Waals surface area contributed by atoms with Crippen molar-refractivity contribution in [2.45, 2.75) is 6.54 Å². The third-order valence-corrected chi connectivity index (χ3v) is 6.44. The van der Waals surface area contributed by atoms with Gasteiger partial charge in [0.25, 0.3) is 11.8 Å². The second kappa shape index (κ2) is 13.9. The van der Waals surface area contributed by atoms with Gasteiger partial charge in [0.2, 0.25) is 0 Å². The first-order chi connectivity index (χ1) is 20.9. The van der Waals surface area contributed by atoms with E-state index in [-0.39, 0.29) is 18.1 Å². The summed E-state index contributed by atoms with van der Waals surface area (Å²) in [5.41, 5.74) is 3.47. The number of furan rings is 1. The molecule has 43 heavy (non-hydrogen) atoms. The van der Waals surface area contributed by atoms with Gasteiger partial charge in [-0.05, 0) is 78.4 Å². The fourth-order valence-electron chi connectivity index (χ4n) is 4.14. The maximum Gasteiger partial charge on any atom is 0.268 e. The van der Waals surface area contributed by atoms with Crippen molar-refractivity contribution >= 4 is 46.6 Å². The monoisotopic (exact) mass is 590 g/mol. The van der Waals surface area contributed by atoms with Gasteiger partial charge in [-0.3, -0.25) is 9.59 Å². The summed E-state index contributed by atoms with van der Waals surface area (Å²) in [5.74, 6) is -0.209. The minimum Gasteiger partial charge on any atom is -0.457 e. The summed E-state index contributed by atoms with van der Waals surface area (Å²) in [6.07, 6.45) is 1.50. The van der Waals surface area contributed by atoms with E-state index >= 15 is 0 Å². The number of anilines is 2. The lowest BCUT2D eigenvalue weighted by Crippen LogP contribution is -2.34. The molecule has 0 aliphatic rings. The standard InChI is InChI=1S/C34H27FN4O3S/c35-26-14-16-27(17-15-26)37-34(43)38-28-13-7-8-23(20-28)22-36-33(41)30(39-32(40)25-11-5-2-6-12-25)21-29-18-19-31(42-29)24-9-3-1-4-10-24/h1-21H,22H2,(H,36,41)(H,39,40)(H2,37,38,43). The largest absolute Gasteiger partial charge is 0.457 e. The predicted molar refractivity (Wildman–Crippen MR) is 171 cm³/mol. The van der Waals surface area contributed by atoms with E-state index in [1.54, 1.807) is 42.5 Å². The van der Waals surface area contributed by atoms with Gasteiger partial charge in [-0.25, -0.2) is 4.39 Å². The SMILES string of the molecule is O=C(NCc1cccc(NC(=S)Nc2ccc(F)cc2)c1)C(=Cc1ccc(-c2ccccc2)o1)NC(=O)c1ccccc1. The Bertz CT molecular complexity index is 1750. The molecule has 0 atom stereocenters. The highest BCUT2D eigenvalue weighted by Crippen LogP contribution is 2.23. The van der Waals surface area contributed by atoms with Crippen molar-refractivity contribution in [1.82, 2.24) is 10.6 Å². The zero-order chi connectivity index (χ0) is 30.0. The Labute approximate surface area is 253 Å². The summed E-state index contributed by atoms with van der Waals surface area (Å²) in [7, 11) is 0. The van der Waals surface area contributed by atoms with Crippen LogP contribution in [-0.2, 0) is 11.3 Å². The molecule has 1 aromatic heterocycles. The second-order valence-electron chi connectivity index (χ2n) is 9.42. The highest BCUT2D eigenvalue weighted by molar-refractivity contribution is 7.80. The van der Waals surface area contributed by atoms with Crippen molar-refractivity contribution in [1.29, 1.82) is 0 Å². The molecule has 9 heteroatoms. The van der Waals surface area contributed by atoms with Gasteiger partial charge in [0.15, 0.2) is 5.11 Å². The number of hydrogen-bond donors (Lipinski definition) is 4. The average molecular weight is 591 g/mol. The Hall–Kier alpha value is -5.54. The first-order valence-corrected chi connectivity index (χ1v) is 13.8. The average Bonchev–Trinajstić information content (AvgIpc) is 3.50. The van der Waals surface area contributed by atoms with Crippen molar-refractivity contribution in [2.75, 3.05) is 10.6 Å². The molecule has 0 fully saturated rings. The molecular formula is C34H27FN4O3S. The van der Waals surface area contributed by atoms with Crippen LogP contribution in [0.5, 0.6) is 0 Å². The fraction of sp³-hybridized carbons (Fsp3) is 0.0294. The molecule has 0 saturated carbocycles. The van der Waals surface area contributed by atoms with Crippen molar-refractivity contribution in [3.8, 4) is 11.3 Å². The van der Waals surface area contributed by atoms with E-state index in [0.717, 1.165) is 11.1 Å². The van der Waals surface area contributed by atoms with E-state index in [1.165, 1.54) is 18.2 Å². The van der Waals surface area contributed by atoms with E-state index in [9.17, 15) is 14.0 Å². The summed E-state index contributed by atoms with van der Waals surface area (Å²) in [6.45, 7) is 0.179. The lowest BCUT2D eigenvalue weighted by molar-refractivity contribution is -0.117. The summed E-state index contributed by atoms with van der Waals surface area (Å²) in [4.78, 5) is 26.3.